The van der Waals surface area contributed by atoms with Crippen LogP contribution < -0.4 is 10.6 Å². The molecule has 2 aromatic heterocycles. The smallest absolute Gasteiger partial charge is 0.315 e. The molecule has 3 aromatic rings. The van der Waals surface area contributed by atoms with Gasteiger partial charge in [0.15, 0.2) is 0 Å². The molecule has 1 unspecified atom stereocenters. The minimum Gasteiger partial charge on any atom is -0.368 e. The third-order valence-electron chi connectivity index (χ3n) is 5.02. The SMILES string of the molecule is CC1(CNC(=O)NCc2cccc(Cn3ccnc3)c2)OCCc2sccc21. The number of imidazole rings is 1. The Labute approximate surface area is 168 Å². The number of benzene rings is 1. The van der Waals surface area contributed by atoms with E-state index >= 15 is 0 Å². The maximum absolute atomic E-state index is 12.3. The summed E-state index contributed by atoms with van der Waals surface area (Å²) >= 11 is 1.76. The van der Waals surface area contributed by atoms with Gasteiger partial charge in [-0.25, -0.2) is 9.78 Å². The van der Waals surface area contributed by atoms with Gasteiger partial charge in [0, 0.05) is 36.8 Å². The fourth-order valence-electron chi connectivity index (χ4n) is 3.52. The van der Waals surface area contributed by atoms with Gasteiger partial charge in [-0.3, -0.25) is 0 Å². The first kappa shape index (κ1) is 18.7. The highest BCUT2D eigenvalue weighted by Gasteiger charge is 2.34. The number of ether oxygens (including phenoxy) is 1. The summed E-state index contributed by atoms with van der Waals surface area (Å²) in [6.45, 7) is 4.42. The molecule has 28 heavy (non-hydrogen) atoms. The van der Waals surface area contributed by atoms with Gasteiger partial charge in [0.2, 0.25) is 0 Å². The average molecular weight is 397 g/mol. The summed E-state index contributed by atoms with van der Waals surface area (Å²) < 4.78 is 8.00. The number of aromatic nitrogens is 2. The Hall–Kier alpha value is -2.64. The minimum atomic E-state index is -0.463. The van der Waals surface area contributed by atoms with Crippen molar-refractivity contribution < 1.29 is 9.53 Å². The van der Waals surface area contributed by atoms with Crippen molar-refractivity contribution in [3.8, 4) is 0 Å². The molecule has 6 nitrogen and oxygen atoms in total. The second-order valence-corrected chi connectivity index (χ2v) is 8.18. The van der Waals surface area contributed by atoms with Crippen molar-refractivity contribution in [2.24, 2.45) is 0 Å². The van der Waals surface area contributed by atoms with Crippen LogP contribution in [0.25, 0.3) is 0 Å². The first-order valence-electron chi connectivity index (χ1n) is 9.38. The zero-order chi connectivity index (χ0) is 19.4. The number of rotatable bonds is 6. The van der Waals surface area contributed by atoms with Crippen LogP contribution in [0.4, 0.5) is 4.79 Å². The number of carbonyl (C=O) groups excluding carboxylic acids is 1. The molecule has 0 bridgehead atoms. The van der Waals surface area contributed by atoms with E-state index in [2.05, 4.69) is 39.2 Å². The Bertz CT molecular complexity index is 938. The van der Waals surface area contributed by atoms with Crippen LogP contribution in [-0.2, 0) is 29.8 Å². The number of fused-ring (bicyclic) bond motifs is 1. The summed E-state index contributed by atoms with van der Waals surface area (Å²) in [4.78, 5) is 17.7. The van der Waals surface area contributed by atoms with Crippen molar-refractivity contribution in [1.29, 1.82) is 0 Å². The van der Waals surface area contributed by atoms with Gasteiger partial charge >= 0.3 is 6.03 Å². The summed E-state index contributed by atoms with van der Waals surface area (Å²) in [6.07, 6.45) is 6.45. The predicted molar refractivity (Wildman–Crippen MR) is 109 cm³/mol. The first-order chi connectivity index (χ1) is 13.6. The molecular formula is C21H24N4O2S. The normalized spacial score (nSPS) is 18.5. The van der Waals surface area contributed by atoms with Gasteiger partial charge in [-0.15, -0.1) is 11.3 Å². The number of hydrogen-bond acceptors (Lipinski definition) is 4. The minimum absolute atomic E-state index is 0.188. The lowest BCUT2D eigenvalue weighted by Gasteiger charge is -2.34. The van der Waals surface area contributed by atoms with Crippen LogP contribution in [0.15, 0.2) is 54.4 Å². The van der Waals surface area contributed by atoms with E-state index in [9.17, 15) is 4.79 Å². The fraction of sp³-hybridized carbons (Fsp3) is 0.333. The Morgan fingerprint density at radius 1 is 1.32 bits per heavy atom. The summed E-state index contributed by atoms with van der Waals surface area (Å²) in [7, 11) is 0. The van der Waals surface area contributed by atoms with Crippen LogP contribution in [0.5, 0.6) is 0 Å². The van der Waals surface area contributed by atoms with Gasteiger partial charge in [-0.2, -0.15) is 0 Å². The Morgan fingerprint density at radius 2 is 2.21 bits per heavy atom. The van der Waals surface area contributed by atoms with Gasteiger partial charge in [-0.05, 0) is 35.1 Å². The molecule has 1 atom stereocenters. The topological polar surface area (TPSA) is 68.2 Å². The van der Waals surface area contributed by atoms with E-state index in [0.717, 1.165) is 18.5 Å². The third-order valence-corrected chi connectivity index (χ3v) is 6.00. The number of carbonyl (C=O) groups is 1. The molecule has 7 heteroatoms. The molecule has 2 amide bonds. The highest BCUT2D eigenvalue weighted by molar-refractivity contribution is 7.10. The largest absolute Gasteiger partial charge is 0.368 e. The molecule has 0 aliphatic carbocycles. The van der Waals surface area contributed by atoms with E-state index < -0.39 is 5.60 Å². The maximum atomic E-state index is 12.3. The zero-order valence-corrected chi connectivity index (χ0v) is 16.7. The van der Waals surface area contributed by atoms with Crippen LogP contribution in [0.1, 0.15) is 28.5 Å². The maximum Gasteiger partial charge on any atom is 0.315 e. The van der Waals surface area contributed by atoms with Crippen LogP contribution in [-0.4, -0.2) is 28.7 Å². The molecule has 0 fully saturated rings. The molecule has 0 spiro atoms. The number of nitrogens with one attached hydrogen (secondary N) is 2. The predicted octanol–water partition coefficient (Wildman–Crippen LogP) is 3.28. The summed E-state index contributed by atoms with van der Waals surface area (Å²) in [5, 5.41) is 7.99. The molecule has 1 aliphatic heterocycles. The summed E-state index contributed by atoms with van der Waals surface area (Å²) in [5.74, 6) is 0. The zero-order valence-electron chi connectivity index (χ0n) is 15.9. The standard InChI is InChI=1S/C21H24N4O2S/c1-21(18-6-10-28-19(18)5-9-27-21)14-24-20(26)23-12-16-3-2-4-17(11-16)13-25-8-7-22-15-25/h2-4,6-8,10-11,15H,5,9,12-14H2,1H3,(H2,23,24,26). The van der Waals surface area contributed by atoms with Gasteiger partial charge in [0.25, 0.3) is 0 Å². The number of nitrogens with zero attached hydrogens (tertiary/aromatic N) is 2. The van der Waals surface area contributed by atoms with Crippen molar-refractivity contribution in [3.63, 3.8) is 0 Å². The lowest BCUT2D eigenvalue weighted by atomic mass is 9.93. The number of amides is 2. The van der Waals surface area contributed by atoms with Crippen molar-refractivity contribution in [1.82, 2.24) is 20.2 Å². The molecule has 0 saturated carbocycles. The Kier molecular flexibility index (Phi) is 5.45. The molecule has 1 aromatic carbocycles. The molecule has 3 heterocycles. The summed E-state index contributed by atoms with van der Waals surface area (Å²) in [5.41, 5.74) is 2.96. The third kappa shape index (κ3) is 4.26. The second-order valence-electron chi connectivity index (χ2n) is 7.18. The molecule has 146 valence electrons. The van der Waals surface area contributed by atoms with Gasteiger partial charge in [0.1, 0.15) is 5.60 Å². The van der Waals surface area contributed by atoms with E-state index in [4.69, 9.17) is 4.74 Å². The van der Waals surface area contributed by atoms with Crippen molar-refractivity contribution >= 4 is 17.4 Å². The molecule has 1 aliphatic rings. The molecule has 0 saturated heterocycles. The Balaban J connectivity index is 1.29. The Morgan fingerprint density at radius 3 is 3.07 bits per heavy atom. The van der Waals surface area contributed by atoms with E-state index in [1.165, 1.54) is 16.0 Å². The molecule has 2 N–H and O–H groups in total. The lowest BCUT2D eigenvalue weighted by Crippen LogP contribution is -2.46. The highest BCUT2D eigenvalue weighted by atomic mass is 32.1. The quantitative estimate of drug-likeness (QED) is 0.672. The van der Waals surface area contributed by atoms with E-state index in [-0.39, 0.29) is 6.03 Å². The van der Waals surface area contributed by atoms with Crippen molar-refractivity contribution in [2.75, 3.05) is 13.2 Å². The molecule has 0 radical (unpaired) electrons. The lowest BCUT2D eigenvalue weighted by molar-refractivity contribution is -0.0418. The molecular weight excluding hydrogens is 372 g/mol. The van der Waals surface area contributed by atoms with E-state index in [1.54, 1.807) is 23.9 Å². The van der Waals surface area contributed by atoms with Crippen LogP contribution in [0.2, 0.25) is 0 Å². The van der Waals surface area contributed by atoms with Crippen molar-refractivity contribution in [3.05, 3.63) is 76.0 Å². The van der Waals surface area contributed by atoms with Gasteiger partial charge < -0.3 is 19.9 Å². The second kappa shape index (κ2) is 8.16. The van der Waals surface area contributed by atoms with E-state index in [1.807, 2.05) is 29.8 Å². The monoisotopic (exact) mass is 396 g/mol. The highest BCUT2D eigenvalue weighted by Crippen LogP contribution is 2.35. The molecule has 4 rings (SSSR count). The summed E-state index contributed by atoms with van der Waals surface area (Å²) in [6, 6.07) is 10.1. The van der Waals surface area contributed by atoms with Crippen LogP contribution in [0, 0.1) is 0 Å². The number of urea groups is 1. The average Bonchev–Trinajstić information content (AvgIpc) is 3.38. The van der Waals surface area contributed by atoms with Crippen molar-refractivity contribution in [2.45, 2.75) is 32.0 Å². The van der Waals surface area contributed by atoms with Gasteiger partial charge in [-0.1, -0.05) is 24.3 Å². The van der Waals surface area contributed by atoms with Gasteiger partial charge in [0.05, 0.1) is 19.5 Å². The van der Waals surface area contributed by atoms with Crippen LogP contribution in [0.3, 0.4) is 0 Å². The van der Waals surface area contributed by atoms with Crippen LogP contribution >= 0.6 is 11.3 Å². The first-order valence-corrected chi connectivity index (χ1v) is 10.3. The number of hydrogen-bond donors (Lipinski definition) is 2. The fourth-order valence-corrected chi connectivity index (χ4v) is 4.50. The van der Waals surface area contributed by atoms with E-state index in [0.29, 0.717) is 19.7 Å². The number of thiophene rings is 1.